The Hall–Kier alpha value is -4.94. The molecule has 11 nitrogen and oxygen atoms in total. The molecule has 0 bridgehead atoms. The number of rotatable bonds is 6. The minimum atomic E-state index is -2.85. The van der Waals surface area contributed by atoms with E-state index < -0.39 is 23.9 Å². The monoisotopic (exact) mass is 505 g/mol. The highest BCUT2D eigenvalue weighted by Crippen LogP contribution is 2.27. The summed E-state index contributed by atoms with van der Waals surface area (Å²) in [7, 11) is 3.30. The molecule has 5 aromatic rings. The molecule has 0 aliphatic rings. The molecule has 4 aromatic heterocycles. The van der Waals surface area contributed by atoms with Crippen LogP contribution >= 0.6 is 0 Å². The van der Waals surface area contributed by atoms with Gasteiger partial charge in [0.1, 0.15) is 17.0 Å². The normalized spacial score (nSPS) is 11.3. The van der Waals surface area contributed by atoms with Gasteiger partial charge in [-0.2, -0.15) is 15.3 Å². The number of alkyl halides is 2. The molecule has 188 valence electrons. The highest BCUT2D eigenvalue weighted by Gasteiger charge is 2.24. The second-order valence-corrected chi connectivity index (χ2v) is 8.23. The number of carbonyl (C=O) groups is 2. The number of benzene rings is 1. The maximum atomic E-state index is 13.9. The van der Waals surface area contributed by atoms with Gasteiger partial charge in [-0.15, -0.1) is 0 Å². The number of aryl methyl sites for hydroxylation is 2. The van der Waals surface area contributed by atoms with Gasteiger partial charge in [0.15, 0.2) is 5.65 Å². The smallest absolute Gasteiger partial charge is 0.280 e. The summed E-state index contributed by atoms with van der Waals surface area (Å²) in [6, 6.07) is 10.0. The van der Waals surface area contributed by atoms with Gasteiger partial charge in [0.2, 0.25) is 0 Å². The average Bonchev–Trinajstić information content (AvgIpc) is 3.57. The van der Waals surface area contributed by atoms with E-state index in [2.05, 4.69) is 30.9 Å². The summed E-state index contributed by atoms with van der Waals surface area (Å²) in [6.45, 7) is 1.80. The second-order valence-electron chi connectivity index (χ2n) is 8.23. The van der Waals surface area contributed by atoms with E-state index in [4.69, 9.17) is 0 Å². The molecule has 0 radical (unpaired) electrons. The number of fused-ring (bicyclic) bond motifs is 1. The lowest BCUT2D eigenvalue weighted by atomic mass is 10.1. The molecule has 0 aliphatic heterocycles. The molecule has 0 fully saturated rings. The fourth-order valence-electron chi connectivity index (χ4n) is 3.85. The van der Waals surface area contributed by atoms with Crippen LogP contribution in [0.5, 0.6) is 0 Å². The van der Waals surface area contributed by atoms with Crippen LogP contribution in [-0.2, 0) is 14.1 Å². The number of nitrogens with zero attached hydrogens (tertiary/aromatic N) is 7. The number of halogens is 2. The molecule has 2 amide bonds. The third-order valence-electron chi connectivity index (χ3n) is 5.92. The fraction of sp³-hybridized carbons (Fsp3) is 0.167. The first-order valence-corrected chi connectivity index (χ1v) is 11.1. The van der Waals surface area contributed by atoms with Crippen LogP contribution in [0.3, 0.4) is 0 Å². The van der Waals surface area contributed by atoms with Crippen molar-refractivity contribution in [2.45, 2.75) is 13.3 Å². The van der Waals surface area contributed by atoms with Crippen molar-refractivity contribution < 1.29 is 18.4 Å². The summed E-state index contributed by atoms with van der Waals surface area (Å²) in [5.74, 6) is -1.21. The number of nitrogens with one attached hydrogen (secondary N) is 2. The van der Waals surface area contributed by atoms with E-state index in [0.29, 0.717) is 11.3 Å². The van der Waals surface area contributed by atoms with E-state index in [1.807, 2.05) is 0 Å². The van der Waals surface area contributed by atoms with Gasteiger partial charge in [-0.3, -0.25) is 19.0 Å². The third-order valence-corrected chi connectivity index (χ3v) is 5.92. The first-order valence-electron chi connectivity index (χ1n) is 11.1. The molecule has 1 aromatic carbocycles. The Morgan fingerprint density at radius 2 is 1.57 bits per heavy atom. The van der Waals surface area contributed by atoms with Crippen LogP contribution in [0.2, 0.25) is 0 Å². The van der Waals surface area contributed by atoms with Crippen molar-refractivity contribution in [3.63, 3.8) is 0 Å². The van der Waals surface area contributed by atoms with Gasteiger partial charge in [0.05, 0.1) is 41.4 Å². The quantitative estimate of drug-likeness (QED) is 0.363. The Kier molecular flexibility index (Phi) is 5.95. The molecule has 4 heterocycles. The molecule has 2 N–H and O–H groups in total. The average molecular weight is 505 g/mol. The van der Waals surface area contributed by atoms with E-state index in [9.17, 15) is 18.4 Å². The van der Waals surface area contributed by atoms with Crippen LogP contribution < -0.4 is 10.6 Å². The number of aromatic nitrogens is 7. The largest absolute Gasteiger partial charge is 0.318 e. The summed E-state index contributed by atoms with van der Waals surface area (Å²) in [6.07, 6.45) is 1.14. The fourth-order valence-corrected chi connectivity index (χ4v) is 3.85. The Morgan fingerprint density at radius 1 is 0.892 bits per heavy atom. The van der Waals surface area contributed by atoms with Crippen LogP contribution in [0.15, 0.2) is 55.0 Å². The first kappa shape index (κ1) is 23.8. The molecule has 0 spiro atoms. The summed E-state index contributed by atoms with van der Waals surface area (Å²) in [4.78, 5) is 30.7. The van der Waals surface area contributed by atoms with E-state index in [1.165, 1.54) is 23.1 Å². The van der Waals surface area contributed by atoms with Gasteiger partial charge in [0.25, 0.3) is 18.2 Å². The zero-order valence-corrected chi connectivity index (χ0v) is 20.0. The SMILES string of the molecule is Cc1c(NC(=O)c2c(NC(=O)c3cnn4c(C(F)F)cc(-c5ccccc5)nc34)cnn2C)cnn1C. The minimum absolute atomic E-state index is 0.0435. The van der Waals surface area contributed by atoms with Crippen molar-refractivity contribution in [2.24, 2.45) is 14.1 Å². The molecule has 0 aliphatic carbocycles. The van der Waals surface area contributed by atoms with Crippen molar-refractivity contribution in [3.8, 4) is 11.3 Å². The number of hydrogen-bond donors (Lipinski definition) is 2. The van der Waals surface area contributed by atoms with Gasteiger partial charge >= 0.3 is 0 Å². The zero-order valence-electron chi connectivity index (χ0n) is 20.0. The van der Waals surface area contributed by atoms with Crippen molar-refractivity contribution in [2.75, 3.05) is 10.6 Å². The summed E-state index contributed by atoms with van der Waals surface area (Å²) < 4.78 is 31.6. The van der Waals surface area contributed by atoms with Gasteiger partial charge in [-0.25, -0.2) is 18.3 Å². The minimum Gasteiger partial charge on any atom is -0.318 e. The van der Waals surface area contributed by atoms with Crippen molar-refractivity contribution in [3.05, 3.63) is 77.6 Å². The summed E-state index contributed by atoms with van der Waals surface area (Å²) in [5.41, 5.74) is 1.83. The van der Waals surface area contributed by atoms with Crippen LogP contribution in [0.4, 0.5) is 20.2 Å². The zero-order chi connectivity index (χ0) is 26.3. The predicted molar refractivity (Wildman–Crippen MR) is 130 cm³/mol. The number of hydrogen-bond acceptors (Lipinski definition) is 6. The lowest BCUT2D eigenvalue weighted by Crippen LogP contribution is -2.20. The topological polar surface area (TPSA) is 124 Å². The maximum absolute atomic E-state index is 13.9. The van der Waals surface area contributed by atoms with E-state index >= 15 is 0 Å². The Labute approximate surface area is 208 Å². The number of carbonyl (C=O) groups excluding carboxylic acids is 2. The van der Waals surface area contributed by atoms with Gasteiger partial charge < -0.3 is 10.6 Å². The Bertz CT molecular complexity index is 1640. The van der Waals surface area contributed by atoms with Crippen molar-refractivity contribution >= 4 is 28.8 Å². The van der Waals surface area contributed by atoms with Gasteiger partial charge in [-0.1, -0.05) is 30.3 Å². The molecule has 5 rings (SSSR count). The molecule has 13 heteroatoms. The lowest BCUT2D eigenvalue weighted by molar-refractivity contribution is 0.101. The molecule has 0 atom stereocenters. The first-order chi connectivity index (χ1) is 17.7. The molecular weight excluding hydrogens is 484 g/mol. The molecule has 0 saturated carbocycles. The highest BCUT2D eigenvalue weighted by atomic mass is 19.3. The predicted octanol–water partition coefficient (Wildman–Crippen LogP) is 3.61. The molecule has 0 unspecified atom stereocenters. The Morgan fingerprint density at radius 3 is 2.24 bits per heavy atom. The van der Waals surface area contributed by atoms with E-state index in [-0.39, 0.29) is 28.3 Å². The van der Waals surface area contributed by atoms with Gasteiger partial charge in [0, 0.05) is 19.7 Å². The third kappa shape index (κ3) is 4.30. The van der Waals surface area contributed by atoms with Crippen molar-refractivity contribution in [1.29, 1.82) is 0 Å². The standard InChI is InChI=1S/C24H21F2N9O2/c1-13-17(11-27-33(13)2)31-24(37)20-18(12-28-34(20)3)32-23(36)15-10-29-35-19(21(25)26)9-16(30-22(15)35)14-7-5-4-6-8-14/h4-12,21H,1-3H3,(H,31,37)(H,32,36). The van der Waals surface area contributed by atoms with Crippen LogP contribution in [0, 0.1) is 6.92 Å². The summed E-state index contributed by atoms with van der Waals surface area (Å²) >= 11 is 0. The van der Waals surface area contributed by atoms with Crippen LogP contribution in [-0.4, -0.2) is 46.0 Å². The van der Waals surface area contributed by atoms with E-state index in [1.54, 1.807) is 56.0 Å². The second kappa shape index (κ2) is 9.26. The summed E-state index contributed by atoms with van der Waals surface area (Å²) in [5, 5.41) is 17.5. The number of anilines is 2. The molecule has 37 heavy (non-hydrogen) atoms. The Balaban J connectivity index is 1.49. The van der Waals surface area contributed by atoms with Crippen molar-refractivity contribution in [1.82, 2.24) is 34.2 Å². The molecule has 0 saturated heterocycles. The maximum Gasteiger partial charge on any atom is 0.280 e. The molecular formula is C24H21F2N9O2. The van der Waals surface area contributed by atoms with Crippen LogP contribution in [0.25, 0.3) is 16.9 Å². The van der Waals surface area contributed by atoms with Crippen LogP contribution in [0.1, 0.15) is 38.7 Å². The van der Waals surface area contributed by atoms with Gasteiger partial charge in [-0.05, 0) is 13.0 Å². The number of amides is 2. The van der Waals surface area contributed by atoms with E-state index in [0.717, 1.165) is 16.4 Å². The highest BCUT2D eigenvalue weighted by molar-refractivity contribution is 6.13. The lowest BCUT2D eigenvalue weighted by Gasteiger charge is -2.10.